The highest BCUT2D eigenvalue weighted by atomic mass is 32.1. The number of nitrogens with one attached hydrogen (secondary N) is 1. The molecule has 0 saturated carbocycles. The smallest absolute Gasteiger partial charge is 0.188 e. The number of aryl methyl sites for hydroxylation is 1. The molecule has 0 atom stereocenters. The molecule has 0 amide bonds. The van der Waals surface area contributed by atoms with Crippen LogP contribution in [0.3, 0.4) is 0 Å². The maximum atomic E-state index is 9.48. The molecule has 2 aromatic carbocycles. The number of thiazole rings is 1. The summed E-state index contributed by atoms with van der Waals surface area (Å²) >= 11 is 1.62. The lowest BCUT2D eigenvalue weighted by Gasteiger charge is -2.04. The molecule has 90 valence electrons. The zero-order valence-electron chi connectivity index (χ0n) is 9.84. The van der Waals surface area contributed by atoms with Crippen molar-refractivity contribution in [1.82, 2.24) is 4.98 Å². The molecule has 0 aliphatic heterocycles. The highest BCUT2D eigenvalue weighted by Gasteiger charge is 2.04. The summed E-state index contributed by atoms with van der Waals surface area (Å²) in [5, 5.41) is 13.6. The standard InChI is InChI=1S/C14H12N2OS/c1-9-8-10(6-7-12(9)17)15-14-16-11-4-2-3-5-13(11)18-14/h2-8,17H,1H3,(H,15,16). The van der Waals surface area contributed by atoms with E-state index in [0.717, 1.165) is 26.6 Å². The summed E-state index contributed by atoms with van der Waals surface area (Å²) in [5.41, 5.74) is 2.78. The Morgan fingerprint density at radius 1 is 1.17 bits per heavy atom. The van der Waals surface area contributed by atoms with Gasteiger partial charge in [-0.2, -0.15) is 0 Å². The molecular weight excluding hydrogens is 244 g/mol. The fourth-order valence-corrected chi connectivity index (χ4v) is 2.67. The number of hydrogen-bond acceptors (Lipinski definition) is 4. The molecule has 0 unspecified atom stereocenters. The van der Waals surface area contributed by atoms with Gasteiger partial charge in [0.1, 0.15) is 5.75 Å². The number of rotatable bonds is 2. The quantitative estimate of drug-likeness (QED) is 0.680. The Kier molecular flexibility index (Phi) is 2.64. The van der Waals surface area contributed by atoms with Gasteiger partial charge in [0.2, 0.25) is 0 Å². The van der Waals surface area contributed by atoms with E-state index in [1.54, 1.807) is 17.4 Å². The zero-order chi connectivity index (χ0) is 12.5. The summed E-state index contributed by atoms with van der Waals surface area (Å²) in [5.74, 6) is 0.310. The molecule has 1 heterocycles. The number of hydrogen-bond donors (Lipinski definition) is 2. The van der Waals surface area contributed by atoms with E-state index in [4.69, 9.17) is 0 Å². The molecule has 0 bridgehead atoms. The first-order chi connectivity index (χ1) is 8.72. The van der Waals surface area contributed by atoms with E-state index < -0.39 is 0 Å². The van der Waals surface area contributed by atoms with Gasteiger partial charge in [-0.15, -0.1) is 0 Å². The van der Waals surface area contributed by atoms with E-state index in [1.807, 2.05) is 37.3 Å². The van der Waals surface area contributed by atoms with Crippen molar-refractivity contribution in [3.8, 4) is 5.75 Å². The Bertz CT molecular complexity index is 673. The number of nitrogens with zero attached hydrogens (tertiary/aromatic N) is 1. The normalized spacial score (nSPS) is 10.7. The van der Waals surface area contributed by atoms with Crippen LogP contribution in [0.4, 0.5) is 10.8 Å². The number of phenolic OH excluding ortho intramolecular Hbond substituents is 1. The van der Waals surface area contributed by atoms with Crippen LogP contribution in [-0.4, -0.2) is 10.1 Å². The van der Waals surface area contributed by atoms with Crippen molar-refractivity contribution in [1.29, 1.82) is 0 Å². The number of anilines is 2. The second-order valence-electron chi connectivity index (χ2n) is 4.11. The fraction of sp³-hybridized carbons (Fsp3) is 0.0714. The minimum atomic E-state index is 0.310. The van der Waals surface area contributed by atoms with Crippen LogP contribution in [0.5, 0.6) is 5.75 Å². The van der Waals surface area contributed by atoms with Gasteiger partial charge < -0.3 is 10.4 Å². The van der Waals surface area contributed by atoms with Gasteiger partial charge in [-0.25, -0.2) is 4.98 Å². The molecule has 3 aromatic rings. The van der Waals surface area contributed by atoms with Gasteiger partial charge in [-0.3, -0.25) is 0 Å². The Morgan fingerprint density at radius 3 is 2.78 bits per heavy atom. The van der Waals surface area contributed by atoms with E-state index in [0.29, 0.717) is 5.75 Å². The maximum absolute atomic E-state index is 9.48. The van der Waals surface area contributed by atoms with Gasteiger partial charge in [0.05, 0.1) is 10.2 Å². The zero-order valence-corrected chi connectivity index (χ0v) is 10.7. The monoisotopic (exact) mass is 256 g/mol. The second kappa shape index (κ2) is 4.31. The molecule has 3 nitrogen and oxygen atoms in total. The van der Waals surface area contributed by atoms with Gasteiger partial charge in [0.15, 0.2) is 5.13 Å². The summed E-state index contributed by atoms with van der Waals surface area (Å²) in [7, 11) is 0. The second-order valence-corrected chi connectivity index (χ2v) is 5.14. The van der Waals surface area contributed by atoms with Crippen molar-refractivity contribution in [2.45, 2.75) is 6.92 Å². The van der Waals surface area contributed by atoms with Gasteiger partial charge in [-0.05, 0) is 42.8 Å². The van der Waals surface area contributed by atoms with E-state index in [-0.39, 0.29) is 0 Å². The molecule has 0 fully saturated rings. The van der Waals surface area contributed by atoms with Crippen LogP contribution in [0.1, 0.15) is 5.56 Å². The van der Waals surface area contributed by atoms with Crippen molar-refractivity contribution < 1.29 is 5.11 Å². The minimum Gasteiger partial charge on any atom is -0.508 e. The SMILES string of the molecule is Cc1cc(Nc2nc3ccccc3s2)ccc1O. The largest absolute Gasteiger partial charge is 0.508 e. The summed E-state index contributed by atoms with van der Waals surface area (Å²) in [4.78, 5) is 4.51. The molecule has 1 aromatic heterocycles. The van der Waals surface area contributed by atoms with Gasteiger partial charge in [0.25, 0.3) is 0 Å². The van der Waals surface area contributed by atoms with E-state index >= 15 is 0 Å². The van der Waals surface area contributed by atoms with Gasteiger partial charge in [0, 0.05) is 5.69 Å². The number of benzene rings is 2. The number of fused-ring (bicyclic) bond motifs is 1. The lowest BCUT2D eigenvalue weighted by Crippen LogP contribution is -1.89. The third-order valence-corrected chi connectivity index (χ3v) is 3.69. The van der Waals surface area contributed by atoms with Crippen molar-refractivity contribution in [3.05, 3.63) is 48.0 Å². The van der Waals surface area contributed by atoms with Crippen LogP contribution in [0.25, 0.3) is 10.2 Å². The molecule has 0 aliphatic rings. The average Bonchev–Trinajstić information content (AvgIpc) is 2.76. The van der Waals surface area contributed by atoms with Crippen LogP contribution in [0.2, 0.25) is 0 Å². The van der Waals surface area contributed by atoms with Crippen LogP contribution in [0, 0.1) is 6.92 Å². The fourth-order valence-electron chi connectivity index (χ4n) is 1.78. The third-order valence-electron chi connectivity index (χ3n) is 2.74. The van der Waals surface area contributed by atoms with Crippen LogP contribution in [0.15, 0.2) is 42.5 Å². The lowest BCUT2D eigenvalue weighted by molar-refractivity contribution is 0.471. The molecule has 3 rings (SSSR count). The first-order valence-corrected chi connectivity index (χ1v) is 6.46. The third kappa shape index (κ3) is 2.02. The predicted molar refractivity (Wildman–Crippen MR) is 75.7 cm³/mol. The van der Waals surface area contributed by atoms with Crippen LogP contribution < -0.4 is 5.32 Å². The van der Waals surface area contributed by atoms with Crippen molar-refractivity contribution >= 4 is 32.4 Å². The van der Waals surface area contributed by atoms with E-state index in [2.05, 4.69) is 16.4 Å². The molecule has 0 saturated heterocycles. The molecule has 18 heavy (non-hydrogen) atoms. The highest BCUT2D eigenvalue weighted by molar-refractivity contribution is 7.22. The molecular formula is C14H12N2OS. The first kappa shape index (κ1) is 11.0. The Morgan fingerprint density at radius 2 is 2.00 bits per heavy atom. The van der Waals surface area contributed by atoms with Crippen LogP contribution in [-0.2, 0) is 0 Å². The number of aromatic nitrogens is 1. The average molecular weight is 256 g/mol. The number of aromatic hydroxyl groups is 1. The van der Waals surface area contributed by atoms with Crippen molar-refractivity contribution in [2.75, 3.05) is 5.32 Å². The van der Waals surface area contributed by atoms with Crippen molar-refractivity contribution in [3.63, 3.8) is 0 Å². The summed E-state index contributed by atoms with van der Waals surface area (Å²) < 4.78 is 1.16. The topological polar surface area (TPSA) is 45.2 Å². The molecule has 0 aliphatic carbocycles. The minimum absolute atomic E-state index is 0.310. The lowest BCUT2D eigenvalue weighted by atomic mass is 10.2. The van der Waals surface area contributed by atoms with Crippen LogP contribution >= 0.6 is 11.3 Å². The Labute approximate surface area is 109 Å². The van der Waals surface area contributed by atoms with Gasteiger partial charge >= 0.3 is 0 Å². The highest BCUT2D eigenvalue weighted by Crippen LogP contribution is 2.29. The van der Waals surface area contributed by atoms with Crippen molar-refractivity contribution in [2.24, 2.45) is 0 Å². The maximum Gasteiger partial charge on any atom is 0.188 e. The molecule has 4 heteroatoms. The summed E-state index contributed by atoms with van der Waals surface area (Å²) in [6, 6.07) is 13.5. The first-order valence-electron chi connectivity index (χ1n) is 5.64. The van der Waals surface area contributed by atoms with E-state index in [9.17, 15) is 5.11 Å². The number of para-hydroxylation sites is 1. The predicted octanol–water partition coefficient (Wildman–Crippen LogP) is 4.05. The summed E-state index contributed by atoms with van der Waals surface area (Å²) in [6.07, 6.45) is 0. The summed E-state index contributed by atoms with van der Waals surface area (Å²) in [6.45, 7) is 1.87. The molecule has 0 radical (unpaired) electrons. The molecule has 2 N–H and O–H groups in total. The van der Waals surface area contributed by atoms with E-state index in [1.165, 1.54) is 0 Å². The van der Waals surface area contributed by atoms with Gasteiger partial charge in [-0.1, -0.05) is 23.5 Å². The Balaban J connectivity index is 1.93. The number of phenols is 1. The Hall–Kier alpha value is -2.07. The molecule has 0 spiro atoms.